The third kappa shape index (κ3) is 3.70. The number of amides is 2. The van der Waals surface area contributed by atoms with Gasteiger partial charge >= 0.3 is 5.97 Å². The average Bonchev–Trinajstić information content (AvgIpc) is 2.59. The largest absolute Gasteiger partial charge is 0.477 e. The first kappa shape index (κ1) is 22.0. The summed E-state index contributed by atoms with van der Waals surface area (Å²) in [6.45, 7) is 1.69. The molecule has 2 aliphatic rings. The molecule has 3 rings (SSSR count). The fourth-order valence-corrected chi connectivity index (χ4v) is 4.12. The summed E-state index contributed by atoms with van der Waals surface area (Å²) in [4.78, 5) is 37.2. The molecular weight excluding hydrogens is 382 g/mol. The van der Waals surface area contributed by atoms with E-state index >= 15 is 0 Å². The second kappa shape index (κ2) is 8.54. The fraction of sp³-hybridized carbons (Fsp3) is 0.312. The number of carbonyl (C=O) groups is 3. The van der Waals surface area contributed by atoms with Crippen LogP contribution >= 0.6 is 24.2 Å². The summed E-state index contributed by atoms with van der Waals surface area (Å²) in [5.41, 5.74) is 7.24. The summed E-state index contributed by atoms with van der Waals surface area (Å²) < 4.78 is 0. The van der Waals surface area contributed by atoms with E-state index in [1.54, 1.807) is 31.2 Å². The molecule has 6 N–H and O–H groups in total. The number of carboxylic acids is 1. The van der Waals surface area contributed by atoms with Crippen LogP contribution in [0.15, 0.2) is 41.6 Å². The smallest absolute Gasteiger partial charge is 0.352 e. The number of fused-ring (bicyclic) bond motifs is 1. The summed E-state index contributed by atoms with van der Waals surface area (Å²) in [5, 5.41) is 11.5. The highest BCUT2D eigenvalue weighted by atomic mass is 35.5. The van der Waals surface area contributed by atoms with Crippen molar-refractivity contribution in [3.63, 3.8) is 0 Å². The molecule has 26 heavy (non-hydrogen) atoms. The standard InChI is InChI=1S/C16H17N3O4S.ClH.H2O/c1-8-7-24-15-11(14(21)19(15)12(8)16(22)23)18-13(20)10(17)9-5-3-2-4-6-9;;/h2-6,10-11,15H,7,17H2,1H3,(H,18,20)(H,22,23);1H;1H2/t10?,11?,15-;;/m1../s1. The lowest BCUT2D eigenvalue weighted by Crippen LogP contribution is -2.71. The average molecular weight is 402 g/mol. The van der Waals surface area contributed by atoms with Crippen LogP contribution in [0.2, 0.25) is 0 Å². The van der Waals surface area contributed by atoms with E-state index < -0.39 is 35.2 Å². The molecule has 1 saturated heterocycles. The molecule has 142 valence electrons. The highest BCUT2D eigenvalue weighted by Gasteiger charge is 2.53. The first-order valence-corrected chi connectivity index (χ1v) is 8.45. The van der Waals surface area contributed by atoms with Crippen LogP contribution in [0.3, 0.4) is 0 Å². The molecule has 2 unspecified atom stereocenters. The van der Waals surface area contributed by atoms with Gasteiger partial charge in [0.25, 0.3) is 5.91 Å². The number of nitrogens with two attached hydrogens (primary N) is 1. The van der Waals surface area contributed by atoms with Crippen LogP contribution in [0.1, 0.15) is 18.5 Å². The van der Waals surface area contributed by atoms with Gasteiger partial charge in [-0.25, -0.2) is 4.79 Å². The lowest BCUT2D eigenvalue weighted by atomic mass is 10.0. The van der Waals surface area contributed by atoms with Crippen molar-refractivity contribution in [2.75, 3.05) is 5.75 Å². The third-order valence-electron chi connectivity index (χ3n) is 4.10. The topological polar surface area (TPSA) is 144 Å². The normalized spacial score (nSPS) is 22.2. The monoisotopic (exact) mass is 401 g/mol. The molecule has 0 radical (unpaired) electrons. The summed E-state index contributed by atoms with van der Waals surface area (Å²) in [7, 11) is 0. The second-order valence-corrected chi connectivity index (χ2v) is 6.82. The van der Waals surface area contributed by atoms with Crippen molar-refractivity contribution >= 4 is 42.0 Å². The van der Waals surface area contributed by atoms with Crippen LogP contribution in [0.5, 0.6) is 0 Å². The van der Waals surface area contributed by atoms with Crippen LogP contribution in [-0.2, 0) is 14.4 Å². The van der Waals surface area contributed by atoms with Crippen molar-refractivity contribution in [2.24, 2.45) is 5.73 Å². The molecule has 2 aliphatic heterocycles. The van der Waals surface area contributed by atoms with E-state index in [9.17, 15) is 19.5 Å². The van der Waals surface area contributed by atoms with Crippen LogP contribution in [0.4, 0.5) is 0 Å². The number of halogens is 1. The Kier molecular flexibility index (Phi) is 7.22. The second-order valence-electron chi connectivity index (χ2n) is 5.72. The molecule has 3 atom stereocenters. The minimum atomic E-state index is -1.13. The van der Waals surface area contributed by atoms with Gasteiger partial charge in [-0.15, -0.1) is 24.2 Å². The van der Waals surface area contributed by atoms with E-state index in [1.807, 2.05) is 6.07 Å². The van der Waals surface area contributed by atoms with Gasteiger partial charge < -0.3 is 21.6 Å². The van der Waals surface area contributed by atoms with Gasteiger partial charge in [0.1, 0.15) is 23.2 Å². The Morgan fingerprint density at radius 1 is 1.35 bits per heavy atom. The first-order chi connectivity index (χ1) is 11.4. The third-order valence-corrected chi connectivity index (χ3v) is 5.52. The number of aliphatic carboxylic acids is 1. The summed E-state index contributed by atoms with van der Waals surface area (Å²) >= 11 is 1.43. The number of thioether (sulfide) groups is 1. The van der Waals surface area contributed by atoms with E-state index in [-0.39, 0.29) is 23.6 Å². The number of hydrogen-bond donors (Lipinski definition) is 3. The lowest BCUT2D eigenvalue weighted by Gasteiger charge is -2.49. The van der Waals surface area contributed by atoms with E-state index in [0.29, 0.717) is 16.9 Å². The Morgan fingerprint density at radius 3 is 2.54 bits per heavy atom. The lowest BCUT2D eigenvalue weighted by molar-refractivity contribution is -0.150. The van der Waals surface area contributed by atoms with Crippen LogP contribution in [0, 0.1) is 0 Å². The number of β-lactam (4-membered cyclic amide) rings is 1. The number of benzene rings is 1. The maximum absolute atomic E-state index is 12.3. The Hall–Kier alpha value is -2.07. The Morgan fingerprint density at radius 2 is 1.96 bits per heavy atom. The van der Waals surface area contributed by atoms with Crippen LogP contribution in [-0.4, -0.2) is 50.4 Å². The zero-order valence-electron chi connectivity index (χ0n) is 13.8. The van der Waals surface area contributed by atoms with Gasteiger partial charge in [-0.05, 0) is 18.1 Å². The molecule has 10 heteroatoms. The predicted octanol–water partition coefficient (Wildman–Crippen LogP) is 0.0420. The molecule has 0 spiro atoms. The molecule has 2 amide bonds. The quantitative estimate of drug-likeness (QED) is 0.607. The molecule has 0 bridgehead atoms. The Balaban J connectivity index is 0.00000169. The van der Waals surface area contributed by atoms with E-state index in [0.717, 1.165) is 0 Å². The number of carbonyl (C=O) groups excluding carboxylic acids is 2. The predicted molar refractivity (Wildman–Crippen MR) is 99.6 cm³/mol. The zero-order valence-corrected chi connectivity index (χ0v) is 15.5. The molecule has 1 aromatic rings. The molecule has 1 fully saturated rings. The van der Waals surface area contributed by atoms with Crippen LogP contribution in [0.25, 0.3) is 0 Å². The molecule has 1 aromatic carbocycles. The Bertz CT molecular complexity index is 743. The molecular formula is C16H20ClN3O5S. The van der Waals surface area contributed by atoms with Gasteiger partial charge in [0.2, 0.25) is 5.91 Å². The zero-order chi connectivity index (χ0) is 17.4. The van der Waals surface area contributed by atoms with Crippen molar-refractivity contribution in [3.05, 3.63) is 47.2 Å². The highest BCUT2D eigenvalue weighted by molar-refractivity contribution is 8.00. The van der Waals surface area contributed by atoms with Crippen molar-refractivity contribution in [1.82, 2.24) is 10.2 Å². The SMILES string of the molecule is CC1=C(C(=O)O)N2C(=O)C(NC(=O)C(N)c3ccccc3)[C@H]2SC1.Cl.O. The van der Waals surface area contributed by atoms with E-state index in [4.69, 9.17) is 5.73 Å². The van der Waals surface area contributed by atoms with Crippen molar-refractivity contribution in [1.29, 1.82) is 0 Å². The van der Waals surface area contributed by atoms with Gasteiger partial charge in [-0.1, -0.05) is 30.3 Å². The molecule has 2 heterocycles. The minimum Gasteiger partial charge on any atom is -0.477 e. The van der Waals surface area contributed by atoms with Gasteiger partial charge in [0.15, 0.2) is 0 Å². The van der Waals surface area contributed by atoms with Crippen LogP contribution < -0.4 is 11.1 Å². The van der Waals surface area contributed by atoms with Gasteiger partial charge in [-0.2, -0.15) is 0 Å². The van der Waals surface area contributed by atoms with Crippen molar-refractivity contribution in [3.8, 4) is 0 Å². The molecule has 8 nitrogen and oxygen atoms in total. The first-order valence-electron chi connectivity index (χ1n) is 7.40. The maximum atomic E-state index is 12.3. The molecule has 0 aliphatic carbocycles. The number of nitrogens with zero attached hydrogens (tertiary/aromatic N) is 1. The van der Waals surface area contributed by atoms with Gasteiger partial charge in [0, 0.05) is 5.75 Å². The Labute approximate surface area is 160 Å². The maximum Gasteiger partial charge on any atom is 0.352 e. The van der Waals surface area contributed by atoms with Crippen molar-refractivity contribution in [2.45, 2.75) is 24.4 Å². The summed E-state index contributed by atoms with van der Waals surface area (Å²) in [6, 6.07) is 7.23. The number of rotatable bonds is 4. The van der Waals surface area contributed by atoms with Gasteiger partial charge in [-0.3, -0.25) is 14.5 Å². The molecule has 0 aromatic heterocycles. The van der Waals surface area contributed by atoms with E-state index in [2.05, 4.69) is 5.32 Å². The van der Waals surface area contributed by atoms with Crippen molar-refractivity contribution < 1.29 is 25.0 Å². The number of hydrogen-bond acceptors (Lipinski definition) is 5. The van der Waals surface area contributed by atoms with Gasteiger partial charge in [0.05, 0.1) is 0 Å². The highest BCUT2D eigenvalue weighted by Crippen LogP contribution is 2.40. The fourth-order valence-electron chi connectivity index (χ4n) is 2.83. The minimum absolute atomic E-state index is 0. The number of nitrogens with one attached hydrogen (secondary N) is 1. The molecule has 0 saturated carbocycles. The number of carboxylic acid groups (broad SMARTS) is 1. The van der Waals surface area contributed by atoms with E-state index in [1.165, 1.54) is 16.7 Å². The summed E-state index contributed by atoms with van der Waals surface area (Å²) in [5.74, 6) is -1.50. The summed E-state index contributed by atoms with van der Waals surface area (Å²) in [6.07, 6.45) is 0.